The van der Waals surface area contributed by atoms with Crippen LogP contribution in [0.25, 0.3) is 5.69 Å². The predicted molar refractivity (Wildman–Crippen MR) is 89.7 cm³/mol. The molecule has 1 amide bonds. The lowest BCUT2D eigenvalue weighted by Crippen LogP contribution is -2.41. The minimum Gasteiger partial charge on any atom is -0.396 e. The van der Waals surface area contributed by atoms with Crippen molar-refractivity contribution in [2.24, 2.45) is 5.41 Å². The highest BCUT2D eigenvalue weighted by molar-refractivity contribution is 5.95. The van der Waals surface area contributed by atoms with E-state index >= 15 is 0 Å². The van der Waals surface area contributed by atoms with Gasteiger partial charge in [-0.15, -0.1) is 0 Å². The van der Waals surface area contributed by atoms with Crippen LogP contribution in [0.4, 0.5) is 0 Å². The number of hydrogen-bond acceptors (Lipinski definition) is 3. The molecule has 0 aliphatic carbocycles. The Morgan fingerprint density at radius 3 is 2.35 bits per heavy atom. The molecule has 0 bridgehead atoms. The second-order valence-electron chi connectivity index (χ2n) is 6.38. The largest absolute Gasteiger partial charge is 0.396 e. The zero-order valence-corrected chi connectivity index (χ0v) is 13.9. The van der Waals surface area contributed by atoms with Crippen LogP contribution < -0.4 is 0 Å². The van der Waals surface area contributed by atoms with Crippen LogP contribution in [0.3, 0.4) is 0 Å². The zero-order valence-electron chi connectivity index (χ0n) is 13.9. The van der Waals surface area contributed by atoms with Crippen LogP contribution in [0.1, 0.15) is 22.8 Å². The lowest BCUT2D eigenvalue weighted by atomic mass is 9.92. The van der Waals surface area contributed by atoms with Gasteiger partial charge in [-0.05, 0) is 42.8 Å². The van der Waals surface area contributed by atoms with Crippen LogP contribution in [-0.4, -0.2) is 52.4 Å². The number of aryl methyl sites for hydroxylation is 1. The molecule has 0 aliphatic heterocycles. The molecule has 0 saturated heterocycles. The Labute approximate surface area is 136 Å². The van der Waals surface area contributed by atoms with Gasteiger partial charge in [0.05, 0.1) is 13.2 Å². The van der Waals surface area contributed by atoms with Crippen molar-refractivity contribution in [3.63, 3.8) is 0 Å². The molecule has 0 saturated carbocycles. The molecule has 0 aliphatic rings. The third-order valence-corrected chi connectivity index (χ3v) is 4.07. The Hall–Kier alpha value is -2.11. The standard InChI is InChI=1S/C18H24N2O3/c1-14-10-15(20-8-4-5-9-20)6-7-16(14)17(23)19(3)11-18(2,12-21)13-22/h4-10,21-22H,11-13H2,1-3H3. The van der Waals surface area contributed by atoms with E-state index in [0.717, 1.165) is 11.3 Å². The Morgan fingerprint density at radius 1 is 1.22 bits per heavy atom. The molecular weight excluding hydrogens is 292 g/mol. The number of carbonyl (C=O) groups excluding carboxylic acids is 1. The van der Waals surface area contributed by atoms with Gasteiger partial charge in [0.15, 0.2) is 0 Å². The van der Waals surface area contributed by atoms with Crippen molar-refractivity contribution in [2.45, 2.75) is 13.8 Å². The van der Waals surface area contributed by atoms with Gasteiger partial charge < -0.3 is 19.7 Å². The first-order chi connectivity index (χ1) is 10.9. The molecule has 5 nitrogen and oxygen atoms in total. The molecule has 2 rings (SSSR count). The average molecular weight is 316 g/mol. The van der Waals surface area contributed by atoms with Crippen LogP contribution in [0.2, 0.25) is 0 Å². The Bertz CT molecular complexity index is 661. The summed E-state index contributed by atoms with van der Waals surface area (Å²) in [6.07, 6.45) is 3.91. The van der Waals surface area contributed by atoms with Gasteiger partial charge in [0.25, 0.3) is 5.91 Å². The van der Waals surface area contributed by atoms with Crippen LogP contribution in [-0.2, 0) is 0 Å². The molecule has 1 aromatic carbocycles. The number of aliphatic hydroxyl groups excluding tert-OH is 2. The molecule has 0 unspecified atom stereocenters. The third-order valence-electron chi connectivity index (χ3n) is 4.07. The van der Waals surface area contributed by atoms with E-state index < -0.39 is 5.41 Å². The van der Waals surface area contributed by atoms with E-state index in [1.807, 2.05) is 54.2 Å². The highest BCUT2D eigenvalue weighted by atomic mass is 16.3. The Balaban J connectivity index is 2.19. The SMILES string of the molecule is Cc1cc(-n2cccc2)ccc1C(=O)N(C)CC(C)(CO)CO. The molecule has 0 spiro atoms. The van der Waals surface area contributed by atoms with Crippen LogP contribution in [0.15, 0.2) is 42.7 Å². The number of benzene rings is 1. The van der Waals surface area contributed by atoms with Crippen LogP contribution >= 0.6 is 0 Å². The summed E-state index contributed by atoms with van der Waals surface area (Å²) in [5, 5.41) is 18.8. The molecule has 124 valence electrons. The van der Waals surface area contributed by atoms with Gasteiger partial charge in [-0.1, -0.05) is 6.92 Å². The van der Waals surface area contributed by atoms with Crippen LogP contribution in [0, 0.1) is 12.3 Å². The first kappa shape index (κ1) is 17.2. The van der Waals surface area contributed by atoms with Gasteiger partial charge in [0, 0.05) is 42.7 Å². The van der Waals surface area contributed by atoms with Gasteiger partial charge in [-0.25, -0.2) is 0 Å². The molecule has 2 aromatic rings. The van der Waals surface area contributed by atoms with E-state index in [9.17, 15) is 15.0 Å². The van der Waals surface area contributed by atoms with Crippen molar-refractivity contribution in [1.82, 2.24) is 9.47 Å². The quantitative estimate of drug-likeness (QED) is 0.855. The van der Waals surface area contributed by atoms with Gasteiger partial charge in [-0.3, -0.25) is 4.79 Å². The third kappa shape index (κ3) is 3.81. The molecular formula is C18H24N2O3. The summed E-state index contributed by atoms with van der Waals surface area (Å²) in [5.41, 5.74) is 1.82. The lowest BCUT2D eigenvalue weighted by Gasteiger charge is -2.30. The van der Waals surface area contributed by atoms with Crippen molar-refractivity contribution >= 4 is 5.91 Å². The summed E-state index contributed by atoms with van der Waals surface area (Å²) >= 11 is 0. The lowest BCUT2D eigenvalue weighted by molar-refractivity contribution is 0.0366. The average Bonchev–Trinajstić information content (AvgIpc) is 3.08. The number of aromatic nitrogens is 1. The summed E-state index contributed by atoms with van der Waals surface area (Å²) in [7, 11) is 1.69. The second-order valence-corrected chi connectivity index (χ2v) is 6.38. The Kier molecular flexibility index (Phi) is 5.23. The van der Waals surface area contributed by atoms with Crippen molar-refractivity contribution in [3.8, 4) is 5.69 Å². The van der Waals surface area contributed by atoms with Gasteiger partial charge in [0.1, 0.15) is 0 Å². The molecule has 1 heterocycles. The minimum atomic E-state index is -0.705. The van der Waals surface area contributed by atoms with E-state index in [1.54, 1.807) is 18.9 Å². The smallest absolute Gasteiger partial charge is 0.253 e. The number of rotatable bonds is 6. The van der Waals surface area contributed by atoms with E-state index in [1.165, 1.54) is 0 Å². The first-order valence-corrected chi connectivity index (χ1v) is 7.61. The fourth-order valence-electron chi connectivity index (χ4n) is 2.56. The molecule has 5 heteroatoms. The van der Waals surface area contributed by atoms with Crippen molar-refractivity contribution in [2.75, 3.05) is 26.8 Å². The summed E-state index contributed by atoms with van der Waals surface area (Å²) in [5.74, 6) is -0.116. The van der Waals surface area contributed by atoms with Gasteiger partial charge in [0.2, 0.25) is 0 Å². The Morgan fingerprint density at radius 2 is 1.83 bits per heavy atom. The van der Waals surface area contributed by atoms with E-state index in [0.29, 0.717) is 5.56 Å². The summed E-state index contributed by atoms with van der Waals surface area (Å²) in [6.45, 7) is 3.60. The number of nitrogens with zero attached hydrogens (tertiary/aromatic N) is 2. The second kappa shape index (κ2) is 6.98. The highest BCUT2D eigenvalue weighted by Gasteiger charge is 2.27. The maximum atomic E-state index is 12.6. The normalized spacial score (nSPS) is 11.5. The van der Waals surface area contributed by atoms with E-state index in [2.05, 4.69) is 0 Å². The highest BCUT2D eigenvalue weighted by Crippen LogP contribution is 2.20. The summed E-state index contributed by atoms with van der Waals surface area (Å²) < 4.78 is 1.99. The van der Waals surface area contributed by atoms with Crippen molar-refractivity contribution in [3.05, 3.63) is 53.9 Å². The summed E-state index contributed by atoms with van der Waals surface area (Å²) in [4.78, 5) is 14.2. The first-order valence-electron chi connectivity index (χ1n) is 7.61. The molecule has 1 aromatic heterocycles. The monoisotopic (exact) mass is 316 g/mol. The minimum absolute atomic E-state index is 0.116. The fraction of sp³-hybridized carbons (Fsp3) is 0.389. The zero-order chi connectivity index (χ0) is 17.0. The van der Waals surface area contributed by atoms with E-state index in [4.69, 9.17) is 0 Å². The molecule has 0 radical (unpaired) electrons. The number of aliphatic hydroxyl groups is 2. The van der Waals surface area contributed by atoms with Gasteiger partial charge in [-0.2, -0.15) is 0 Å². The topological polar surface area (TPSA) is 65.7 Å². The van der Waals surface area contributed by atoms with Crippen LogP contribution in [0.5, 0.6) is 0 Å². The molecule has 0 atom stereocenters. The maximum Gasteiger partial charge on any atom is 0.253 e. The number of hydrogen-bond donors (Lipinski definition) is 2. The van der Waals surface area contributed by atoms with E-state index in [-0.39, 0.29) is 25.7 Å². The summed E-state index contributed by atoms with van der Waals surface area (Å²) in [6, 6.07) is 9.60. The van der Waals surface area contributed by atoms with Crippen molar-refractivity contribution < 1.29 is 15.0 Å². The number of amides is 1. The molecule has 23 heavy (non-hydrogen) atoms. The molecule has 0 fully saturated rings. The predicted octanol–water partition coefficient (Wildman–Crippen LogP) is 1.85. The fourth-order valence-corrected chi connectivity index (χ4v) is 2.56. The van der Waals surface area contributed by atoms with Crippen molar-refractivity contribution in [1.29, 1.82) is 0 Å². The van der Waals surface area contributed by atoms with Gasteiger partial charge >= 0.3 is 0 Å². The number of carbonyl (C=O) groups is 1. The molecule has 2 N–H and O–H groups in total. The maximum absolute atomic E-state index is 12.6.